The summed E-state index contributed by atoms with van der Waals surface area (Å²) < 4.78 is 0. The van der Waals surface area contributed by atoms with E-state index in [1.807, 2.05) is 0 Å². The molecule has 1 N–H and O–H groups in total. The van der Waals surface area contributed by atoms with Crippen LogP contribution in [0, 0.1) is 0 Å². The Balaban J connectivity index is 0.00000121. The molecule has 1 heterocycles. The van der Waals surface area contributed by atoms with Crippen LogP contribution in [0.2, 0.25) is 0 Å². The van der Waals surface area contributed by atoms with E-state index < -0.39 is 5.97 Å². The van der Waals surface area contributed by atoms with Gasteiger partial charge in [-0.15, -0.1) is 0 Å². The first-order chi connectivity index (χ1) is 5.24. The van der Waals surface area contributed by atoms with Crippen LogP contribution in [0.1, 0.15) is 16.1 Å². The van der Waals surface area contributed by atoms with Crippen LogP contribution >= 0.6 is 0 Å². The molecule has 0 spiro atoms. The largest absolute Gasteiger partial charge is 1.00 e. The molecule has 0 radical (unpaired) electrons. The SMILES string of the molecule is O=C([O-])c1ccc(CO)nc1.[Li+]. The Hall–Kier alpha value is -0.823. The zero-order valence-electron chi connectivity index (χ0n) is 6.65. The van der Waals surface area contributed by atoms with Gasteiger partial charge >= 0.3 is 18.9 Å². The van der Waals surface area contributed by atoms with Gasteiger partial charge in [0.2, 0.25) is 0 Å². The van der Waals surface area contributed by atoms with Crippen LogP contribution in [-0.2, 0) is 6.61 Å². The Morgan fingerprint density at radius 3 is 2.58 bits per heavy atom. The second-order valence-electron chi connectivity index (χ2n) is 1.98. The number of nitrogens with zero attached hydrogens (tertiary/aromatic N) is 1. The molecule has 0 bridgehead atoms. The number of aromatic carboxylic acids is 1. The number of hydrogen-bond donors (Lipinski definition) is 1. The van der Waals surface area contributed by atoms with Crippen molar-refractivity contribution < 1.29 is 33.9 Å². The quantitative estimate of drug-likeness (QED) is 0.445. The number of aliphatic hydroxyl groups excluding tert-OH is 1. The van der Waals surface area contributed by atoms with Crippen molar-refractivity contribution >= 4 is 5.97 Å². The molecule has 1 aromatic heterocycles. The maximum atomic E-state index is 10.2. The van der Waals surface area contributed by atoms with Crippen LogP contribution in [0.5, 0.6) is 0 Å². The molecule has 0 fully saturated rings. The summed E-state index contributed by atoms with van der Waals surface area (Å²) in [7, 11) is 0. The Morgan fingerprint density at radius 2 is 2.25 bits per heavy atom. The number of carbonyl (C=O) groups excluding carboxylic acids is 1. The summed E-state index contributed by atoms with van der Waals surface area (Å²) in [5.74, 6) is -1.26. The molecule has 0 aliphatic heterocycles. The fourth-order valence-corrected chi connectivity index (χ4v) is 0.639. The van der Waals surface area contributed by atoms with Gasteiger partial charge in [-0.2, -0.15) is 0 Å². The summed E-state index contributed by atoms with van der Waals surface area (Å²) in [6, 6.07) is 2.78. The Kier molecular flexibility index (Phi) is 4.60. The zero-order chi connectivity index (χ0) is 8.27. The maximum Gasteiger partial charge on any atom is 1.00 e. The molecule has 0 amide bonds. The monoisotopic (exact) mass is 159 g/mol. The Morgan fingerprint density at radius 1 is 1.58 bits per heavy atom. The van der Waals surface area contributed by atoms with E-state index in [1.165, 1.54) is 12.1 Å². The van der Waals surface area contributed by atoms with Gasteiger partial charge in [0.25, 0.3) is 0 Å². The predicted molar refractivity (Wildman–Crippen MR) is 34.5 cm³/mol. The number of aromatic nitrogens is 1. The Bertz CT molecular complexity index is 260. The van der Waals surface area contributed by atoms with Gasteiger partial charge in [0.1, 0.15) is 0 Å². The molecule has 4 nitrogen and oxygen atoms in total. The summed E-state index contributed by atoms with van der Waals surface area (Å²) in [6.45, 7) is -0.187. The average Bonchev–Trinajstić information content (AvgIpc) is 2.05. The van der Waals surface area contributed by atoms with Crippen LogP contribution in [0.3, 0.4) is 0 Å². The van der Waals surface area contributed by atoms with Gasteiger partial charge in [0.15, 0.2) is 0 Å². The summed E-state index contributed by atoms with van der Waals surface area (Å²) >= 11 is 0. The number of carboxylic acid groups (broad SMARTS) is 1. The third-order valence-electron chi connectivity index (χ3n) is 1.22. The molecule has 0 aliphatic carbocycles. The number of pyridine rings is 1. The second-order valence-corrected chi connectivity index (χ2v) is 1.98. The first kappa shape index (κ1) is 11.2. The molecular weight excluding hydrogens is 153 g/mol. The van der Waals surface area contributed by atoms with Crippen molar-refractivity contribution in [1.29, 1.82) is 0 Å². The number of carboxylic acids is 1. The molecule has 12 heavy (non-hydrogen) atoms. The molecule has 0 saturated carbocycles. The summed E-state index contributed by atoms with van der Waals surface area (Å²) in [5.41, 5.74) is 0.456. The average molecular weight is 159 g/mol. The van der Waals surface area contributed by atoms with Gasteiger partial charge in [-0.25, -0.2) is 0 Å². The van der Waals surface area contributed by atoms with Gasteiger partial charge in [0.05, 0.1) is 18.3 Å². The topological polar surface area (TPSA) is 73.2 Å². The van der Waals surface area contributed by atoms with E-state index in [9.17, 15) is 9.90 Å². The minimum atomic E-state index is -1.26. The maximum absolute atomic E-state index is 10.2. The van der Waals surface area contributed by atoms with Crippen LogP contribution in [0.15, 0.2) is 18.3 Å². The van der Waals surface area contributed by atoms with Crippen molar-refractivity contribution in [2.24, 2.45) is 0 Å². The second kappa shape index (κ2) is 4.94. The Labute approximate surface area is 81.4 Å². The minimum Gasteiger partial charge on any atom is -0.545 e. The molecule has 1 aromatic rings. The van der Waals surface area contributed by atoms with E-state index in [1.54, 1.807) is 0 Å². The van der Waals surface area contributed by atoms with Gasteiger partial charge in [0, 0.05) is 11.8 Å². The van der Waals surface area contributed by atoms with Gasteiger partial charge in [-0.1, -0.05) is 0 Å². The predicted octanol–water partition coefficient (Wildman–Crippen LogP) is -4.06. The van der Waals surface area contributed by atoms with Crippen molar-refractivity contribution in [2.75, 3.05) is 0 Å². The molecular formula is C7H6LiNO3. The van der Waals surface area contributed by atoms with Gasteiger partial charge in [-0.05, 0) is 12.1 Å². The van der Waals surface area contributed by atoms with E-state index in [0.717, 1.165) is 6.20 Å². The van der Waals surface area contributed by atoms with E-state index in [-0.39, 0.29) is 31.0 Å². The van der Waals surface area contributed by atoms with Crippen molar-refractivity contribution in [3.05, 3.63) is 29.6 Å². The van der Waals surface area contributed by atoms with E-state index in [0.29, 0.717) is 5.69 Å². The summed E-state index contributed by atoms with van der Waals surface area (Å²) in [4.78, 5) is 13.8. The van der Waals surface area contributed by atoms with Crippen molar-refractivity contribution in [2.45, 2.75) is 6.61 Å². The van der Waals surface area contributed by atoms with Crippen LogP contribution in [0.4, 0.5) is 0 Å². The first-order valence-electron chi connectivity index (χ1n) is 3.01. The minimum absolute atomic E-state index is 0. The third-order valence-corrected chi connectivity index (χ3v) is 1.22. The van der Waals surface area contributed by atoms with Crippen molar-refractivity contribution in [3.8, 4) is 0 Å². The fourth-order valence-electron chi connectivity index (χ4n) is 0.639. The molecule has 0 aromatic carbocycles. The molecule has 1 rings (SSSR count). The molecule has 0 atom stereocenters. The number of aliphatic hydroxyl groups is 1. The van der Waals surface area contributed by atoms with Crippen molar-refractivity contribution in [1.82, 2.24) is 4.98 Å². The van der Waals surface area contributed by atoms with Gasteiger partial charge < -0.3 is 15.0 Å². The molecule has 0 aliphatic rings. The third kappa shape index (κ3) is 2.66. The number of carbonyl (C=O) groups is 1. The standard InChI is InChI=1S/C7H7NO3.Li/c9-4-6-2-1-5(3-8-6)7(10)11;/h1-3,9H,4H2,(H,10,11);/q;+1/p-1. The van der Waals surface area contributed by atoms with E-state index in [4.69, 9.17) is 5.11 Å². The summed E-state index contributed by atoms with van der Waals surface area (Å²) in [5, 5.41) is 18.7. The van der Waals surface area contributed by atoms with E-state index >= 15 is 0 Å². The van der Waals surface area contributed by atoms with Gasteiger partial charge in [-0.3, -0.25) is 4.98 Å². The number of hydrogen-bond acceptors (Lipinski definition) is 4. The first-order valence-corrected chi connectivity index (χ1v) is 3.01. The van der Waals surface area contributed by atoms with Crippen molar-refractivity contribution in [3.63, 3.8) is 0 Å². The van der Waals surface area contributed by atoms with Crippen LogP contribution in [-0.4, -0.2) is 16.1 Å². The molecule has 0 saturated heterocycles. The molecule has 0 unspecified atom stereocenters. The van der Waals surface area contributed by atoms with Crippen LogP contribution < -0.4 is 24.0 Å². The van der Waals surface area contributed by atoms with Crippen LogP contribution in [0.25, 0.3) is 0 Å². The molecule has 58 valence electrons. The molecule has 5 heteroatoms. The number of rotatable bonds is 2. The normalized spacial score (nSPS) is 8.75. The smallest absolute Gasteiger partial charge is 0.545 e. The summed E-state index contributed by atoms with van der Waals surface area (Å²) in [6.07, 6.45) is 1.15. The van der Waals surface area contributed by atoms with E-state index in [2.05, 4.69) is 4.98 Å². The fraction of sp³-hybridized carbons (Fsp3) is 0.143. The zero-order valence-corrected chi connectivity index (χ0v) is 6.65.